The number of isocyanates is 1. The summed E-state index contributed by atoms with van der Waals surface area (Å²) in [6.45, 7) is 1.60. The molecule has 5 nitrogen and oxygen atoms in total. The summed E-state index contributed by atoms with van der Waals surface area (Å²) in [4.78, 5) is 23.5. The maximum Gasteiger partial charge on any atom is 0.274 e. The first kappa shape index (κ1) is 10.1. The summed E-state index contributed by atoms with van der Waals surface area (Å²) in [5.74, 6) is 0. The Bertz CT molecular complexity index is 397. The van der Waals surface area contributed by atoms with E-state index in [9.17, 15) is 14.9 Å². The van der Waals surface area contributed by atoms with Gasteiger partial charge in [-0.1, -0.05) is 12.1 Å². The predicted molar refractivity (Wildman–Crippen MR) is 49.6 cm³/mol. The van der Waals surface area contributed by atoms with Crippen LogP contribution in [0.4, 0.5) is 5.69 Å². The minimum atomic E-state index is -0.533. The van der Waals surface area contributed by atoms with E-state index in [0.717, 1.165) is 0 Å². The second-order valence-electron chi connectivity index (χ2n) is 2.71. The third kappa shape index (κ3) is 2.02. The van der Waals surface area contributed by atoms with Crippen molar-refractivity contribution in [3.05, 3.63) is 39.9 Å². The molecule has 0 aromatic heterocycles. The largest absolute Gasteiger partial charge is 0.274 e. The highest BCUT2D eigenvalue weighted by molar-refractivity contribution is 5.44. The van der Waals surface area contributed by atoms with Crippen LogP contribution >= 0.6 is 0 Å². The summed E-state index contributed by atoms with van der Waals surface area (Å²) in [6, 6.07) is 5.66. The molecule has 0 spiro atoms. The van der Waals surface area contributed by atoms with E-state index < -0.39 is 11.0 Å². The predicted octanol–water partition coefficient (Wildman–Crippen LogP) is 1.99. The van der Waals surface area contributed by atoms with Crippen molar-refractivity contribution in [2.45, 2.75) is 13.0 Å². The summed E-state index contributed by atoms with van der Waals surface area (Å²) >= 11 is 0. The van der Waals surface area contributed by atoms with Gasteiger partial charge in [0.1, 0.15) is 0 Å². The summed E-state index contributed by atoms with van der Waals surface area (Å²) in [5, 5.41) is 10.6. The number of rotatable bonds is 3. The lowest BCUT2D eigenvalue weighted by Gasteiger charge is -2.04. The zero-order valence-corrected chi connectivity index (χ0v) is 7.51. The molecular formula is C9H8N2O3. The lowest BCUT2D eigenvalue weighted by atomic mass is 10.1. The Morgan fingerprint density at radius 1 is 1.50 bits per heavy atom. The lowest BCUT2D eigenvalue weighted by molar-refractivity contribution is -0.385. The quantitative estimate of drug-likeness (QED) is 0.318. The van der Waals surface area contributed by atoms with Crippen LogP contribution in [0, 0.1) is 10.1 Å². The monoisotopic (exact) mass is 192 g/mol. The van der Waals surface area contributed by atoms with E-state index in [1.165, 1.54) is 12.1 Å². The summed E-state index contributed by atoms with van der Waals surface area (Å²) in [7, 11) is 0. The van der Waals surface area contributed by atoms with Crippen molar-refractivity contribution in [3.63, 3.8) is 0 Å². The van der Waals surface area contributed by atoms with Crippen LogP contribution in [0.5, 0.6) is 0 Å². The van der Waals surface area contributed by atoms with Gasteiger partial charge in [0.15, 0.2) is 0 Å². The fourth-order valence-electron chi connectivity index (χ4n) is 1.16. The fourth-order valence-corrected chi connectivity index (χ4v) is 1.16. The Hall–Kier alpha value is -2.00. The Morgan fingerprint density at radius 3 is 2.71 bits per heavy atom. The zero-order valence-electron chi connectivity index (χ0n) is 7.51. The second-order valence-corrected chi connectivity index (χ2v) is 2.71. The third-order valence-electron chi connectivity index (χ3n) is 1.83. The van der Waals surface area contributed by atoms with Crippen LogP contribution in [0.15, 0.2) is 29.3 Å². The van der Waals surface area contributed by atoms with Crippen molar-refractivity contribution in [2.75, 3.05) is 0 Å². The Balaban J connectivity index is 3.19. The number of para-hydroxylation sites is 1. The van der Waals surface area contributed by atoms with Crippen molar-refractivity contribution >= 4 is 11.8 Å². The van der Waals surface area contributed by atoms with Gasteiger partial charge in [-0.2, -0.15) is 4.99 Å². The van der Waals surface area contributed by atoms with Crippen LogP contribution < -0.4 is 0 Å². The Labute approximate surface area is 80.2 Å². The van der Waals surface area contributed by atoms with Gasteiger partial charge in [-0.3, -0.25) is 10.1 Å². The molecule has 0 saturated heterocycles. The lowest BCUT2D eigenvalue weighted by Crippen LogP contribution is -1.97. The van der Waals surface area contributed by atoms with Gasteiger partial charge >= 0.3 is 0 Å². The van der Waals surface area contributed by atoms with Crippen LogP contribution in [0.3, 0.4) is 0 Å². The van der Waals surface area contributed by atoms with Crippen LogP contribution in [0.25, 0.3) is 0 Å². The molecule has 0 bridgehead atoms. The molecule has 1 aromatic carbocycles. The van der Waals surface area contributed by atoms with E-state index in [1.54, 1.807) is 25.1 Å². The molecule has 0 amide bonds. The molecule has 0 heterocycles. The topological polar surface area (TPSA) is 72.6 Å². The SMILES string of the molecule is CC(N=C=O)c1ccccc1[N+](=O)[O-]. The highest BCUT2D eigenvalue weighted by Crippen LogP contribution is 2.26. The van der Waals surface area contributed by atoms with Crippen LogP contribution in [-0.2, 0) is 4.79 Å². The van der Waals surface area contributed by atoms with Crippen LogP contribution in [0.2, 0.25) is 0 Å². The first-order chi connectivity index (χ1) is 6.66. The Kier molecular flexibility index (Phi) is 3.09. The molecule has 0 fully saturated rings. The van der Waals surface area contributed by atoms with Gasteiger partial charge in [-0.25, -0.2) is 4.79 Å². The molecule has 0 aliphatic carbocycles. The molecule has 72 valence electrons. The standard InChI is InChI=1S/C9H8N2O3/c1-7(10-6-12)8-4-2-3-5-9(8)11(13)14/h2-5,7H,1H3. The number of nitrogens with zero attached hydrogens (tertiary/aromatic N) is 2. The van der Waals surface area contributed by atoms with Gasteiger partial charge in [0, 0.05) is 6.07 Å². The highest BCUT2D eigenvalue weighted by Gasteiger charge is 2.16. The normalized spacial score (nSPS) is 11.5. The number of carbonyl (C=O) groups excluding carboxylic acids is 1. The van der Waals surface area contributed by atoms with Gasteiger partial charge < -0.3 is 0 Å². The van der Waals surface area contributed by atoms with Crippen LogP contribution in [-0.4, -0.2) is 11.0 Å². The number of nitro benzene ring substituents is 1. The average molecular weight is 192 g/mol. The van der Waals surface area contributed by atoms with Crippen molar-refractivity contribution in [3.8, 4) is 0 Å². The van der Waals surface area contributed by atoms with Gasteiger partial charge in [0.05, 0.1) is 16.5 Å². The van der Waals surface area contributed by atoms with Gasteiger partial charge in [0.2, 0.25) is 6.08 Å². The highest BCUT2D eigenvalue weighted by atomic mass is 16.6. The maximum absolute atomic E-state index is 10.6. The van der Waals surface area contributed by atoms with Crippen molar-refractivity contribution in [2.24, 2.45) is 4.99 Å². The number of aliphatic imine (C=N–C) groups is 1. The number of hydrogen-bond acceptors (Lipinski definition) is 4. The van der Waals surface area contributed by atoms with E-state index in [4.69, 9.17) is 0 Å². The molecule has 5 heteroatoms. The van der Waals surface area contributed by atoms with E-state index in [2.05, 4.69) is 4.99 Å². The van der Waals surface area contributed by atoms with Crippen LogP contribution in [0.1, 0.15) is 18.5 Å². The number of nitro groups is 1. The van der Waals surface area contributed by atoms with Crippen molar-refractivity contribution < 1.29 is 9.72 Å². The smallest absolute Gasteiger partial charge is 0.258 e. The Morgan fingerprint density at radius 2 is 2.14 bits per heavy atom. The fraction of sp³-hybridized carbons (Fsp3) is 0.222. The van der Waals surface area contributed by atoms with Gasteiger partial charge in [-0.15, -0.1) is 0 Å². The first-order valence-corrected chi connectivity index (χ1v) is 3.97. The molecule has 0 aliphatic heterocycles. The number of benzene rings is 1. The molecule has 0 saturated carbocycles. The first-order valence-electron chi connectivity index (χ1n) is 3.97. The van der Waals surface area contributed by atoms with E-state index in [-0.39, 0.29) is 5.69 Å². The molecule has 1 rings (SSSR count). The molecule has 0 N–H and O–H groups in total. The summed E-state index contributed by atoms with van der Waals surface area (Å²) in [5.41, 5.74) is 0.389. The molecule has 1 aromatic rings. The minimum absolute atomic E-state index is 0.0287. The van der Waals surface area contributed by atoms with Gasteiger partial charge in [-0.05, 0) is 13.0 Å². The molecule has 1 atom stereocenters. The summed E-state index contributed by atoms with van der Waals surface area (Å²) in [6.07, 6.45) is 1.38. The second kappa shape index (κ2) is 4.30. The van der Waals surface area contributed by atoms with Crippen molar-refractivity contribution in [1.29, 1.82) is 0 Å². The van der Waals surface area contributed by atoms with Crippen molar-refractivity contribution in [1.82, 2.24) is 0 Å². The maximum atomic E-state index is 10.6. The number of hydrogen-bond donors (Lipinski definition) is 0. The van der Waals surface area contributed by atoms with E-state index in [1.807, 2.05) is 0 Å². The molecule has 14 heavy (non-hydrogen) atoms. The molecule has 0 aliphatic rings. The molecular weight excluding hydrogens is 184 g/mol. The molecule has 0 radical (unpaired) electrons. The summed E-state index contributed by atoms with van der Waals surface area (Å²) < 4.78 is 0. The minimum Gasteiger partial charge on any atom is -0.258 e. The van der Waals surface area contributed by atoms with E-state index in [0.29, 0.717) is 5.56 Å². The molecule has 1 unspecified atom stereocenters. The average Bonchev–Trinajstić information content (AvgIpc) is 2.18. The zero-order chi connectivity index (χ0) is 10.6. The van der Waals surface area contributed by atoms with E-state index >= 15 is 0 Å². The van der Waals surface area contributed by atoms with Gasteiger partial charge in [0.25, 0.3) is 5.69 Å². The third-order valence-corrected chi connectivity index (χ3v) is 1.83.